The number of nitrogens with one attached hydrogen (secondary N) is 1. The third-order valence-electron chi connectivity index (χ3n) is 6.28. The zero-order valence-electron chi connectivity index (χ0n) is 18.7. The average Bonchev–Trinajstić information content (AvgIpc) is 3.34. The number of carbonyl (C=O) groups excluding carboxylic acids is 1. The minimum absolute atomic E-state index is 0.0624. The van der Waals surface area contributed by atoms with Crippen LogP contribution in [0.2, 0.25) is 0 Å². The summed E-state index contributed by atoms with van der Waals surface area (Å²) < 4.78 is 36.3. The number of rotatable bonds is 7. The van der Waals surface area contributed by atoms with Crippen molar-refractivity contribution in [1.29, 1.82) is 0 Å². The maximum atomic E-state index is 12.8. The van der Waals surface area contributed by atoms with Gasteiger partial charge in [0.2, 0.25) is 5.91 Å². The lowest BCUT2D eigenvalue weighted by Gasteiger charge is -2.13. The first-order valence-corrected chi connectivity index (χ1v) is 12.6. The number of hydrogen-bond acceptors (Lipinski definition) is 6. The van der Waals surface area contributed by atoms with Crippen molar-refractivity contribution in [2.75, 3.05) is 12.4 Å². The third kappa shape index (κ3) is 4.80. The summed E-state index contributed by atoms with van der Waals surface area (Å²) in [5.74, 6) is 0.286. The highest BCUT2D eigenvalue weighted by molar-refractivity contribution is 7.92. The second-order valence-electron chi connectivity index (χ2n) is 8.38. The fourth-order valence-corrected chi connectivity index (χ4v) is 6.29. The summed E-state index contributed by atoms with van der Waals surface area (Å²) in [7, 11) is -1.86. The van der Waals surface area contributed by atoms with Gasteiger partial charge in [-0.15, -0.1) is 0 Å². The molecule has 33 heavy (non-hydrogen) atoms. The molecule has 2 aromatic carbocycles. The molecule has 4 rings (SSSR count). The van der Waals surface area contributed by atoms with Gasteiger partial charge in [-0.25, -0.2) is 13.2 Å². The molecule has 1 saturated carbocycles. The van der Waals surface area contributed by atoms with Crippen LogP contribution in [0.3, 0.4) is 0 Å². The number of amides is 1. The second kappa shape index (κ2) is 9.39. The Morgan fingerprint density at radius 2 is 1.91 bits per heavy atom. The normalized spacial score (nSPS) is 14.5. The molecule has 1 aliphatic carbocycles. The molecule has 7 nitrogen and oxygen atoms in total. The van der Waals surface area contributed by atoms with Crippen LogP contribution >= 0.6 is 0 Å². The van der Waals surface area contributed by atoms with E-state index in [2.05, 4.69) is 5.32 Å². The lowest BCUT2D eigenvalue weighted by molar-refractivity contribution is -0.116. The maximum Gasteiger partial charge on any atom is 0.339 e. The Morgan fingerprint density at radius 3 is 2.64 bits per heavy atom. The summed E-state index contributed by atoms with van der Waals surface area (Å²) in [4.78, 5) is 25.3. The van der Waals surface area contributed by atoms with Crippen molar-refractivity contribution >= 4 is 32.4 Å². The lowest BCUT2D eigenvalue weighted by Crippen LogP contribution is -2.19. The molecule has 1 aliphatic rings. The number of anilines is 1. The summed E-state index contributed by atoms with van der Waals surface area (Å²) in [6, 6.07) is 11.6. The van der Waals surface area contributed by atoms with Gasteiger partial charge in [0, 0.05) is 29.1 Å². The van der Waals surface area contributed by atoms with Crippen LogP contribution in [0.25, 0.3) is 11.0 Å². The van der Waals surface area contributed by atoms with Gasteiger partial charge in [0.15, 0.2) is 9.84 Å². The number of aryl methyl sites for hydroxylation is 1. The molecule has 0 unspecified atom stereocenters. The average molecular weight is 470 g/mol. The molecule has 1 N–H and O–H groups in total. The molecule has 1 fully saturated rings. The van der Waals surface area contributed by atoms with Crippen LogP contribution in [0.4, 0.5) is 5.69 Å². The van der Waals surface area contributed by atoms with Crippen molar-refractivity contribution in [3.63, 3.8) is 0 Å². The Balaban J connectivity index is 1.47. The van der Waals surface area contributed by atoms with Crippen molar-refractivity contribution in [3.05, 3.63) is 64.0 Å². The molecular weight excluding hydrogens is 442 g/mol. The molecule has 0 atom stereocenters. The minimum Gasteiger partial charge on any atom is -0.497 e. The molecule has 0 aliphatic heterocycles. The van der Waals surface area contributed by atoms with Gasteiger partial charge in [0.25, 0.3) is 0 Å². The summed E-state index contributed by atoms with van der Waals surface area (Å²) in [6.45, 7) is 1.83. The number of sulfone groups is 1. The number of carbonyl (C=O) groups is 1. The monoisotopic (exact) mass is 469 g/mol. The van der Waals surface area contributed by atoms with E-state index in [-0.39, 0.29) is 28.9 Å². The van der Waals surface area contributed by atoms with Crippen molar-refractivity contribution in [2.24, 2.45) is 0 Å². The van der Waals surface area contributed by atoms with Crippen LogP contribution in [-0.4, -0.2) is 26.7 Å². The Morgan fingerprint density at radius 1 is 1.15 bits per heavy atom. The summed E-state index contributed by atoms with van der Waals surface area (Å²) in [6.07, 6.45) is 3.49. The molecule has 1 aromatic heterocycles. The van der Waals surface area contributed by atoms with Gasteiger partial charge in [-0.1, -0.05) is 18.9 Å². The van der Waals surface area contributed by atoms with Crippen molar-refractivity contribution in [3.8, 4) is 5.75 Å². The van der Waals surface area contributed by atoms with Crippen molar-refractivity contribution in [1.82, 2.24) is 0 Å². The van der Waals surface area contributed by atoms with Gasteiger partial charge in [-0.3, -0.25) is 4.79 Å². The van der Waals surface area contributed by atoms with Crippen molar-refractivity contribution in [2.45, 2.75) is 55.6 Å². The molecule has 1 heterocycles. The fraction of sp³-hybridized carbons (Fsp3) is 0.360. The lowest BCUT2D eigenvalue weighted by atomic mass is 10.0. The Hall–Kier alpha value is -3.13. The quantitative estimate of drug-likeness (QED) is 0.515. The molecule has 0 bridgehead atoms. The van der Waals surface area contributed by atoms with Crippen LogP contribution < -0.4 is 15.7 Å². The van der Waals surface area contributed by atoms with E-state index in [1.807, 2.05) is 13.0 Å². The topological polar surface area (TPSA) is 103 Å². The molecule has 8 heteroatoms. The van der Waals surface area contributed by atoms with Crippen LogP contribution in [0.1, 0.15) is 43.2 Å². The Labute approximate surface area is 192 Å². The summed E-state index contributed by atoms with van der Waals surface area (Å²) >= 11 is 0. The van der Waals surface area contributed by atoms with Crippen molar-refractivity contribution < 1.29 is 22.4 Å². The van der Waals surface area contributed by atoms with Gasteiger partial charge < -0.3 is 14.5 Å². The molecule has 174 valence electrons. The predicted molar refractivity (Wildman–Crippen MR) is 127 cm³/mol. The molecule has 0 saturated heterocycles. The number of methoxy groups -OCH3 is 1. The molecular formula is C25H27NO6S. The number of hydrogen-bond donors (Lipinski definition) is 1. The first-order chi connectivity index (χ1) is 15.8. The molecule has 0 spiro atoms. The van der Waals surface area contributed by atoms with Gasteiger partial charge in [-0.05, 0) is 62.1 Å². The smallest absolute Gasteiger partial charge is 0.339 e. The highest BCUT2D eigenvalue weighted by Crippen LogP contribution is 2.30. The highest BCUT2D eigenvalue weighted by Gasteiger charge is 2.30. The van der Waals surface area contributed by atoms with Gasteiger partial charge in [0.1, 0.15) is 11.3 Å². The third-order valence-corrected chi connectivity index (χ3v) is 8.54. The Bertz CT molecular complexity index is 1350. The van der Waals surface area contributed by atoms with Gasteiger partial charge in [0.05, 0.1) is 17.3 Å². The van der Waals surface area contributed by atoms with Crippen LogP contribution in [0.15, 0.2) is 56.6 Å². The zero-order chi connectivity index (χ0) is 23.6. The minimum atomic E-state index is -3.40. The van der Waals surface area contributed by atoms with E-state index in [9.17, 15) is 18.0 Å². The first-order valence-electron chi connectivity index (χ1n) is 11.0. The molecule has 3 aromatic rings. The first kappa shape index (κ1) is 23.0. The van der Waals surface area contributed by atoms with E-state index in [4.69, 9.17) is 9.15 Å². The largest absolute Gasteiger partial charge is 0.497 e. The number of fused-ring (bicyclic) bond motifs is 1. The number of ether oxygens (including phenoxy) is 1. The zero-order valence-corrected chi connectivity index (χ0v) is 19.5. The molecule has 0 radical (unpaired) electrons. The maximum absolute atomic E-state index is 12.8. The second-order valence-corrected chi connectivity index (χ2v) is 10.6. The van der Waals surface area contributed by atoms with Gasteiger partial charge in [-0.2, -0.15) is 0 Å². The van der Waals surface area contributed by atoms with E-state index >= 15 is 0 Å². The Kier molecular flexibility index (Phi) is 6.56. The van der Waals surface area contributed by atoms with Crippen LogP contribution in [0.5, 0.6) is 5.75 Å². The fourth-order valence-electron chi connectivity index (χ4n) is 4.39. The van der Waals surface area contributed by atoms with E-state index in [1.54, 1.807) is 37.4 Å². The highest BCUT2D eigenvalue weighted by atomic mass is 32.2. The van der Waals surface area contributed by atoms with Crippen LogP contribution in [-0.2, 0) is 21.1 Å². The molecule has 1 amide bonds. The summed E-state index contributed by atoms with van der Waals surface area (Å²) in [5.41, 5.74) is 1.59. The van der Waals surface area contributed by atoms with E-state index in [0.717, 1.165) is 23.8 Å². The van der Waals surface area contributed by atoms with E-state index in [1.165, 1.54) is 6.07 Å². The predicted octanol–water partition coefficient (Wildman–Crippen LogP) is 4.40. The van der Waals surface area contributed by atoms with Crippen LogP contribution in [0, 0.1) is 6.92 Å². The van der Waals surface area contributed by atoms with E-state index in [0.29, 0.717) is 35.4 Å². The van der Waals surface area contributed by atoms with E-state index < -0.39 is 15.5 Å². The summed E-state index contributed by atoms with van der Waals surface area (Å²) in [5, 5.41) is 3.19. The number of benzene rings is 2. The van der Waals surface area contributed by atoms with Gasteiger partial charge >= 0.3 is 5.63 Å². The standard InChI is InChI=1S/C25H27NO6S/c1-16-21-11-10-18(31-2)15-23(21)32-25(28)22(16)12-13-24(27)26-17-6-5-9-20(14-17)33(29,30)19-7-3-4-8-19/h5-6,9-11,14-15,19H,3-4,7-8,12-13H2,1-2H3,(H,26,27). The SMILES string of the molecule is COc1ccc2c(C)c(CCC(=O)Nc3cccc(S(=O)(=O)C4CCCC4)c3)c(=O)oc2c1.